The van der Waals surface area contributed by atoms with Gasteiger partial charge in [-0.2, -0.15) is 0 Å². The maximum atomic E-state index is 9.83. The molecule has 0 saturated heterocycles. The monoisotopic (exact) mass is 908 g/mol. The number of hydrogen-bond donors (Lipinski definition) is 4. The van der Waals surface area contributed by atoms with Crippen molar-refractivity contribution in [2.75, 3.05) is 0 Å². The number of aromatic nitrogens is 4. The zero-order chi connectivity index (χ0) is 41.0. The second kappa shape index (κ2) is 19.1. The van der Waals surface area contributed by atoms with Crippen molar-refractivity contribution in [1.29, 1.82) is 0 Å². The van der Waals surface area contributed by atoms with Crippen LogP contribution in [0.1, 0.15) is 0 Å². The molecular formula is C52H36N4O4Zn2. The molecule has 4 heterocycles. The van der Waals surface area contributed by atoms with E-state index >= 15 is 0 Å². The SMILES string of the molecule is Oc1cccc2ccc3cccnc3c12.Oc1cccc2ccc3cccnc3c12.Oc1cccc2ccc3cccnc3c12.Oc1cccc2ccc3cccnc3c12.[Zn].[Zn]. The van der Waals surface area contributed by atoms with Gasteiger partial charge in [-0.25, -0.2) is 0 Å². The van der Waals surface area contributed by atoms with Crippen LogP contribution in [0.2, 0.25) is 0 Å². The summed E-state index contributed by atoms with van der Waals surface area (Å²) in [5.41, 5.74) is 3.42. The molecule has 12 rings (SSSR count). The van der Waals surface area contributed by atoms with E-state index in [0.29, 0.717) is 0 Å². The van der Waals surface area contributed by atoms with E-state index in [2.05, 4.69) is 19.9 Å². The van der Waals surface area contributed by atoms with Gasteiger partial charge >= 0.3 is 0 Å². The third-order valence-electron chi connectivity index (χ3n) is 10.4. The molecule has 62 heavy (non-hydrogen) atoms. The predicted octanol–water partition coefficient (Wildman–Crippen LogP) is 12.4. The number of aromatic hydroxyl groups is 4. The Balaban J connectivity index is 0.000000123. The molecule has 0 atom stereocenters. The Hall–Kier alpha value is -7.11. The average molecular weight is 912 g/mol. The zero-order valence-corrected chi connectivity index (χ0v) is 39.4. The van der Waals surface area contributed by atoms with Crippen molar-refractivity contribution >= 4 is 86.7 Å². The van der Waals surface area contributed by atoms with Crippen molar-refractivity contribution in [3.8, 4) is 23.0 Å². The predicted molar refractivity (Wildman–Crippen MR) is 244 cm³/mol. The van der Waals surface area contributed by atoms with Gasteiger partial charge < -0.3 is 20.4 Å². The molecule has 0 spiro atoms. The first kappa shape index (κ1) is 43.0. The van der Waals surface area contributed by atoms with Crippen molar-refractivity contribution in [3.63, 3.8) is 0 Å². The quantitative estimate of drug-likeness (QED) is 0.0873. The Labute approximate surface area is 381 Å². The van der Waals surface area contributed by atoms with Crippen LogP contribution in [-0.4, -0.2) is 40.4 Å². The van der Waals surface area contributed by atoms with Crippen LogP contribution in [0.25, 0.3) is 86.7 Å². The molecule has 10 heteroatoms. The summed E-state index contributed by atoms with van der Waals surface area (Å²) in [6.07, 6.45) is 6.98. The smallest absolute Gasteiger partial charge is 0.125 e. The number of phenols is 4. The summed E-state index contributed by atoms with van der Waals surface area (Å²) < 4.78 is 0. The fourth-order valence-electron chi connectivity index (χ4n) is 7.58. The summed E-state index contributed by atoms with van der Waals surface area (Å²) in [6, 6.07) is 53.7. The van der Waals surface area contributed by atoms with Crippen molar-refractivity contribution in [3.05, 3.63) is 195 Å². The van der Waals surface area contributed by atoms with E-state index in [1.807, 2.05) is 146 Å². The number of nitrogens with zero attached hydrogens (tertiary/aromatic N) is 4. The van der Waals surface area contributed by atoms with Gasteiger partial charge in [0.05, 0.1) is 22.1 Å². The van der Waals surface area contributed by atoms with Gasteiger partial charge in [-0.05, 0) is 70.1 Å². The molecule has 0 radical (unpaired) electrons. The van der Waals surface area contributed by atoms with E-state index in [0.717, 1.165) is 86.7 Å². The summed E-state index contributed by atoms with van der Waals surface area (Å²) in [6.45, 7) is 0. The Kier molecular flexibility index (Phi) is 13.2. The first-order valence-electron chi connectivity index (χ1n) is 19.3. The minimum atomic E-state index is 0. The summed E-state index contributed by atoms with van der Waals surface area (Å²) in [5.74, 6) is 1.15. The molecule has 0 unspecified atom stereocenters. The summed E-state index contributed by atoms with van der Waals surface area (Å²) in [7, 11) is 0. The minimum absolute atomic E-state index is 0. The maximum Gasteiger partial charge on any atom is 0.125 e. The van der Waals surface area contributed by atoms with Crippen LogP contribution in [0.4, 0.5) is 0 Å². The van der Waals surface area contributed by atoms with Gasteiger partial charge in [0.2, 0.25) is 0 Å². The topological polar surface area (TPSA) is 132 Å². The van der Waals surface area contributed by atoms with Crippen molar-refractivity contribution in [2.24, 2.45) is 0 Å². The summed E-state index contributed by atoms with van der Waals surface area (Å²) >= 11 is 0. The van der Waals surface area contributed by atoms with Crippen molar-refractivity contribution in [1.82, 2.24) is 19.9 Å². The van der Waals surface area contributed by atoms with Crippen LogP contribution in [-0.2, 0) is 39.0 Å². The molecule has 0 saturated carbocycles. The number of pyridine rings is 4. The van der Waals surface area contributed by atoms with Crippen LogP contribution in [0.5, 0.6) is 23.0 Å². The summed E-state index contributed by atoms with van der Waals surface area (Å²) in [5, 5.41) is 50.9. The largest absolute Gasteiger partial charge is 0.507 e. The number of phenolic OH excluding ortho intramolecular Hbond substituents is 4. The molecule has 12 aromatic rings. The fourth-order valence-corrected chi connectivity index (χ4v) is 7.58. The maximum absolute atomic E-state index is 9.83. The second-order valence-electron chi connectivity index (χ2n) is 14.1. The minimum Gasteiger partial charge on any atom is -0.507 e. The van der Waals surface area contributed by atoms with Crippen molar-refractivity contribution < 1.29 is 59.4 Å². The van der Waals surface area contributed by atoms with Crippen LogP contribution in [0.3, 0.4) is 0 Å². The van der Waals surface area contributed by atoms with Crippen LogP contribution < -0.4 is 0 Å². The van der Waals surface area contributed by atoms with Gasteiger partial charge in [0.15, 0.2) is 0 Å². The van der Waals surface area contributed by atoms with Crippen LogP contribution in [0, 0.1) is 0 Å². The van der Waals surface area contributed by atoms with E-state index in [9.17, 15) is 20.4 Å². The van der Waals surface area contributed by atoms with E-state index in [4.69, 9.17) is 0 Å². The second-order valence-corrected chi connectivity index (χ2v) is 14.1. The Morgan fingerprint density at radius 1 is 0.226 bits per heavy atom. The molecule has 0 fully saturated rings. The molecule has 0 amide bonds. The van der Waals surface area contributed by atoms with E-state index in [1.165, 1.54) is 0 Å². The van der Waals surface area contributed by atoms with E-state index in [-0.39, 0.29) is 62.0 Å². The molecule has 0 aliphatic heterocycles. The number of fused-ring (bicyclic) bond motifs is 12. The van der Waals surface area contributed by atoms with Crippen molar-refractivity contribution in [2.45, 2.75) is 0 Å². The Morgan fingerprint density at radius 2 is 0.419 bits per heavy atom. The molecule has 4 aromatic heterocycles. The molecule has 0 aliphatic carbocycles. The Bertz CT molecular complexity index is 3070. The van der Waals surface area contributed by atoms with E-state index < -0.39 is 0 Å². The first-order valence-corrected chi connectivity index (χ1v) is 19.3. The van der Waals surface area contributed by atoms with Gasteiger partial charge in [-0.3, -0.25) is 19.9 Å². The van der Waals surface area contributed by atoms with Gasteiger partial charge in [0.25, 0.3) is 0 Å². The number of hydrogen-bond acceptors (Lipinski definition) is 8. The summed E-state index contributed by atoms with van der Waals surface area (Å²) in [4.78, 5) is 17.2. The molecule has 4 N–H and O–H groups in total. The zero-order valence-electron chi connectivity index (χ0n) is 33.5. The number of benzene rings is 8. The molecule has 0 aliphatic rings. The third kappa shape index (κ3) is 8.57. The molecular weight excluding hydrogens is 875 g/mol. The Morgan fingerprint density at radius 3 is 0.645 bits per heavy atom. The fraction of sp³-hybridized carbons (Fsp3) is 0. The van der Waals surface area contributed by atoms with Gasteiger partial charge in [-0.15, -0.1) is 0 Å². The molecule has 8 nitrogen and oxygen atoms in total. The molecule has 292 valence electrons. The van der Waals surface area contributed by atoms with Gasteiger partial charge in [0.1, 0.15) is 23.0 Å². The molecule has 0 bridgehead atoms. The third-order valence-corrected chi connectivity index (χ3v) is 10.4. The standard InChI is InChI=1S/4C13H9NO.2Zn/c4*15-11-5-1-3-9-6-7-10-4-2-8-14-13(10)12(9)11;;/h4*1-8,15H;;. The number of rotatable bonds is 0. The average Bonchev–Trinajstić information content (AvgIpc) is 3.29. The van der Waals surface area contributed by atoms with Gasteiger partial charge in [-0.1, -0.05) is 121 Å². The normalized spacial score (nSPS) is 10.6. The van der Waals surface area contributed by atoms with Crippen LogP contribution in [0.15, 0.2) is 195 Å². The van der Waals surface area contributed by atoms with Crippen LogP contribution >= 0.6 is 0 Å². The first-order chi connectivity index (χ1) is 29.4. The van der Waals surface area contributed by atoms with Gasteiger partial charge in [0, 0.05) is 107 Å². The molecule has 8 aromatic carbocycles. The van der Waals surface area contributed by atoms with E-state index in [1.54, 1.807) is 49.1 Å².